The van der Waals surface area contributed by atoms with E-state index in [2.05, 4.69) is 11.9 Å². The Labute approximate surface area is 103 Å². The average molecular weight is 238 g/mol. The highest BCUT2D eigenvalue weighted by atomic mass is 16.5. The van der Waals surface area contributed by atoms with Crippen LogP contribution < -0.4 is 5.73 Å². The molecule has 0 saturated carbocycles. The molecule has 2 rings (SSSR count). The minimum atomic E-state index is 0.420. The summed E-state index contributed by atoms with van der Waals surface area (Å²) in [5.41, 5.74) is 5.92. The van der Waals surface area contributed by atoms with Gasteiger partial charge >= 0.3 is 0 Å². The van der Waals surface area contributed by atoms with E-state index < -0.39 is 0 Å². The molecule has 0 radical (unpaired) electrons. The first kappa shape index (κ1) is 12.6. The van der Waals surface area contributed by atoms with Crippen molar-refractivity contribution in [3.63, 3.8) is 0 Å². The molecule has 1 aromatic heterocycles. The summed E-state index contributed by atoms with van der Waals surface area (Å²) < 4.78 is 10.8. The van der Waals surface area contributed by atoms with Crippen molar-refractivity contribution in [1.82, 2.24) is 4.90 Å². The lowest BCUT2D eigenvalue weighted by atomic mass is 9.91. The molecule has 4 heteroatoms. The van der Waals surface area contributed by atoms with Crippen LogP contribution in [-0.2, 0) is 11.3 Å². The molecule has 1 aromatic rings. The van der Waals surface area contributed by atoms with E-state index in [1.165, 1.54) is 0 Å². The number of nitrogens with zero attached hydrogens (tertiary/aromatic N) is 1. The summed E-state index contributed by atoms with van der Waals surface area (Å²) in [4.78, 5) is 2.30. The maximum absolute atomic E-state index is 5.92. The normalized spacial score (nSPS) is 19.7. The molecule has 0 amide bonds. The van der Waals surface area contributed by atoms with Gasteiger partial charge < -0.3 is 14.9 Å². The monoisotopic (exact) mass is 238 g/mol. The topological polar surface area (TPSA) is 51.6 Å². The summed E-state index contributed by atoms with van der Waals surface area (Å²) in [6.45, 7) is 3.26. The van der Waals surface area contributed by atoms with Crippen LogP contribution in [0.25, 0.3) is 0 Å². The van der Waals surface area contributed by atoms with Gasteiger partial charge in [0, 0.05) is 25.8 Å². The van der Waals surface area contributed by atoms with Gasteiger partial charge in [-0.05, 0) is 37.9 Å². The number of hydrogen-bond donors (Lipinski definition) is 1. The SMILES string of the molecule is CN(Cc1ccco1)C(CN)C1CCOCC1. The van der Waals surface area contributed by atoms with E-state index in [9.17, 15) is 0 Å². The van der Waals surface area contributed by atoms with Crippen molar-refractivity contribution < 1.29 is 9.15 Å². The predicted octanol–water partition coefficient (Wildman–Crippen LogP) is 1.47. The van der Waals surface area contributed by atoms with Crippen LogP contribution in [-0.4, -0.2) is 37.7 Å². The maximum atomic E-state index is 5.92. The Hall–Kier alpha value is -0.840. The molecule has 96 valence electrons. The van der Waals surface area contributed by atoms with Crippen molar-refractivity contribution >= 4 is 0 Å². The fraction of sp³-hybridized carbons (Fsp3) is 0.692. The lowest BCUT2D eigenvalue weighted by molar-refractivity contribution is 0.0309. The molecule has 0 bridgehead atoms. The van der Waals surface area contributed by atoms with Crippen LogP contribution in [0.4, 0.5) is 0 Å². The Morgan fingerprint density at radius 1 is 1.47 bits per heavy atom. The van der Waals surface area contributed by atoms with Gasteiger partial charge in [0.15, 0.2) is 0 Å². The molecule has 0 aromatic carbocycles. The highest BCUT2D eigenvalue weighted by Gasteiger charge is 2.26. The largest absolute Gasteiger partial charge is 0.468 e. The molecular formula is C13H22N2O2. The highest BCUT2D eigenvalue weighted by Crippen LogP contribution is 2.22. The van der Waals surface area contributed by atoms with Crippen LogP contribution in [0.1, 0.15) is 18.6 Å². The molecule has 1 aliphatic heterocycles. The Morgan fingerprint density at radius 2 is 2.24 bits per heavy atom. The number of hydrogen-bond acceptors (Lipinski definition) is 4. The van der Waals surface area contributed by atoms with E-state index in [-0.39, 0.29) is 0 Å². The quantitative estimate of drug-likeness (QED) is 0.844. The molecule has 2 N–H and O–H groups in total. The van der Waals surface area contributed by atoms with Gasteiger partial charge in [-0.3, -0.25) is 4.90 Å². The Bertz CT molecular complexity index is 307. The van der Waals surface area contributed by atoms with Crippen LogP contribution in [0.15, 0.2) is 22.8 Å². The summed E-state index contributed by atoms with van der Waals surface area (Å²) in [5, 5.41) is 0. The van der Waals surface area contributed by atoms with Crippen LogP contribution in [0.3, 0.4) is 0 Å². The maximum Gasteiger partial charge on any atom is 0.117 e. The van der Waals surface area contributed by atoms with Gasteiger partial charge in [0.1, 0.15) is 5.76 Å². The van der Waals surface area contributed by atoms with Crippen molar-refractivity contribution in [3.8, 4) is 0 Å². The van der Waals surface area contributed by atoms with E-state index in [1.807, 2.05) is 12.1 Å². The summed E-state index contributed by atoms with van der Waals surface area (Å²) in [6, 6.07) is 4.35. The van der Waals surface area contributed by atoms with Gasteiger partial charge in [-0.2, -0.15) is 0 Å². The first-order valence-corrected chi connectivity index (χ1v) is 6.31. The molecule has 4 nitrogen and oxygen atoms in total. The zero-order valence-electron chi connectivity index (χ0n) is 10.5. The molecule has 1 unspecified atom stereocenters. The lowest BCUT2D eigenvalue weighted by Crippen LogP contribution is -2.44. The first-order chi connectivity index (χ1) is 8.31. The average Bonchev–Trinajstić information content (AvgIpc) is 2.84. The number of ether oxygens (including phenoxy) is 1. The minimum absolute atomic E-state index is 0.420. The summed E-state index contributed by atoms with van der Waals surface area (Å²) in [5.74, 6) is 1.65. The summed E-state index contributed by atoms with van der Waals surface area (Å²) in [7, 11) is 2.12. The van der Waals surface area contributed by atoms with Gasteiger partial charge in [0.25, 0.3) is 0 Å². The Kier molecular flexibility index (Phi) is 4.59. The van der Waals surface area contributed by atoms with Crippen molar-refractivity contribution in [2.75, 3.05) is 26.8 Å². The van der Waals surface area contributed by atoms with Gasteiger partial charge in [-0.1, -0.05) is 0 Å². The smallest absolute Gasteiger partial charge is 0.117 e. The summed E-state index contributed by atoms with van der Waals surface area (Å²) >= 11 is 0. The predicted molar refractivity (Wildman–Crippen MR) is 66.6 cm³/mol. The van der Waals surface area contributed by atoms with Crippen LogP contribution >= 0.6 is 0 Å². The van der Waals surface area contributed by atoms with Crippen LogP contribution in [0.5, 0.6) is 0 Å². The number of nitrogens with two attached hydrogens (primary N) is 1. The second-order valence-corrected chi connectivity index (χ2v) is 4.75. The van der Waals surface area contributed by atoms with E-state index in [0.717, 1.165) is 38.4 Å². The Morgan fingerprint density at radius 3 is 2.82 bits per heavy atom. The standard InChI is InChI=1S/C13H22N2O2/c1-15(10-12-3-2-6-17-12)13(9-14)11-4-7-16-8-5-11/h2-3,6,11,13H,4-5,7-10,14H2,1H3. The number of furan rings is 1. The van der Waals surface area contributed by atoms with Crippen molar-refractivity contribution in [2.45, 2.75) is 25.4 Å². The molecular weight excluding hydrogens is 216 g/mol. The fourth-order valence-corrected chi connectivity index (χ4v) is 2.60. The minimum Gasteiger partial charge on any atom is -0.468 e. The lowest BCUT2D eigenvalue weighted by Gasteiger charge is -2.35. The van der Waals surface area contributed by atoms with Crippen LogP contribution in [0, 0.1) is 5.92 Å². The van der Waals surface area contributed by atoms with Crippen molar-refractivity contribution in [3.05, 3.63) is 24.2 Å². The second-order valence-electron chi connectivity index (χ2n) is 4.75. The van der Waals surface area contributed by atoms with E-state index >= 15 is 0 Å². The van der Waals surface area contributed by atoms with E-state index in [4.69, 9.17) is 14.9 Å². The molecule has 1 fully saturated rings. The molecule has 1 aliphatic rings. The third kappa shape index (κ3) is 3.31. The zero-order chi connectivity index (χ0) is 12.1. The van der Waals surface area contributed by atoms with Crippen molar-refractivity contribution in [2.24, 2.45) is 11.7 Å². The number of rotatable bonds is 5. The van der Waals surface area contributed by atoms with Gasteiger partial charge in [-0.15, -0.1) is 0 Å². The van der Waals surface area contributed by atoms with Gasteiger partial charge in [0.2, 0.25) is 0 Å². The zero-order valence-corrected chi connectivity index (χ0v) is 10.5. The molecule has 17 heavy (non-hydrogen) atoms. The third-order valence-electron chi connectivity index (χ3n) is 3.60. The van der Waals surface area contributed by atoms with Crippen LogP contribution in [0.2, 0.25) is 0 Å². The highest BCUT2D eigenvalue weighted by molar-refractivity contribution is 4.98. The molecule has 0 spiro atoms. The molecule has 2 heterocycles. The van der Waals surface area contributed by atoms with Gasteiger partial charge in [-0.25, -0.2) is 0 Å². The molecule has 0 aliphatic carbocycles. The van der Waals surface area contributed by atoms with E-state index in [0.29, 0.717) is 18.5 Å². The third-order valence-corrected chi connectivity index (χ3v) is 3.60. The molecule has 1 atom stereocenters. The molecule has 1 saturated heterocycles. The van der Waals surface area contributed by atoms with Crippen molar-refractivity contribution in [1.29, 1.82) is 0 Å². The van der Waals surface area contributed by atoms with Gasteiger partial charge in [0.05, 0.1) is 12.8 Å². The van der Waals surface area contributed by atoms with E-state index in [1.54, 1.807) is 6.26 Å². The number of likely N-dealkylation sites (N-methyl/N-ethyl adjacent to an activating group) is 1. The Balaban J connectivity index is 1.92. The second kappa shape index (κ2) is 6.19. The summed E-state index contributed by atoms with van der Waals surface area (Å²) in [6.07, 6.45) is 3.95. The first-order valence-electron chi connectivity index (χ1n) is 6.31. The fourth-order valence-electron chi connectivity index (χ4n) is 2.60.